The minimum atomic E-state index is -0.846. The maximum absolute atomic E-state index is 11.7. The molecule has 0 radical (unpaired) electrons. The molecule has 23 heavy (non-hydrogen) atoms. The predicted molar refractivity (Wildman–Crippen MR) is 81.7 cm³/mol. The number of nitro groups is 2. The Labute approximate surface area is 134 Å². The van der Waals surface area contributed by atoms with E-state index in [0.29, 0.717) is 9.79 Å². The first-order valence-electron chi connectivity index (χ1n) is 6.22. The highest BCUT2D eigenvalue weighted by atomic mass is 32.2. The number of benzene rings is 2. The van der Waals surface area contributed by atoms with Gasteiger partial charge in [-0.05, 0) is 18.2 Å². The van der Waals surface area contributed by atoms with E-state index < -0.39 is 15.8 Å². The van der Waals surface area contributed by atoms with Crippen molar-refractivity contribution in [3.05, 3.63) is 68.3 Å². The molecule has 0 aliphatic carbocycles. The summed E-state index contributed by atoms with van der Waals surface area (Å²) in [5, 5.41) is 22.0. The molecule has 0 amide bonds. The van der Waals surface area contributed by atoms with E-state index in [1.54, 1.807) is 12.1 Å². The molecule has 2 aromatic carbocycles. The highest BCUT2D eigenvalue weighted by Crippen LogP contribution is 2.36. The molecular weight excluding hydrogens is 324 g/mol. The molecule has 118 valence electrons. The van der Waals surface area contributed by atoms with Crippen molar-refractivity contribution >= 4 is 29.1 Å². The normalized spacial score (nSPS) is 10.1. The largest absolute Gasteiger partial charge is 0.465 e. The lowest BCUT2D eigenvalue weighted by molar-refractivity contribution is -0.387. The molecule has 8 nitrogen and oxygen atoms in total. The fourth-order valence-corrected chi connectivity index (χ4v) is 2.79. The van der Waals surface area contributed by atoms with Crippen LogP contribution in [0.4, 0.5) is 11.4 Å². The third kappa shape index (κ3) is 3.64. The van der Waals surface area contributed by atoms with Gasteiger partial charge in [0.25, 0.3) is 11.4 Å². The Morgan fingerprint density at radius 3 is 2.30 bits per heavy atom. The van der Waals surface area contributed by atoms with E-state index in [4.69, 9.17) is 0 Å². The predicted octanol–water partition coefficient (Wildman–Crippen LogP) is 3.44. The van der Waals surface area contributed by atoms with Gasteiger partial charge in [0.2, 0.25) is 0 Å². The molecule has 2 aromatic rings. The molecule has 0 heterocycles. The Hall–Kier alpha value is -2.94. The summed E-state index contributed by atoms with van der Waals surface area (Å²) < 4.78 is 4.53. The zero-order valence-electron chi connectivity index (χ0n) is 11.8. The smallest absolute Gasteiger partial charge is 0.344 e. The molecule has 9 heteroatoms. The summed E-state index contributed by atoms with van der Waals surface area (Å²) >= 11 is 1.03. The summed E-state index contributed by atoms with van der Waals surface area (Å²) in [6.45, 7) is 0. The van der Waals surface area contributed by atoms with Gasteiger partial charge in [0.1, 0.15) is 5.56 Å². The van der Waals surface area contributed by atoms with Gasteiger partial charge in [0.05, 0.1) is 21.9 Å². The summed E-state index contributed by atoms with van der Waals surface area (Å²) in [5.41, 5.74) is -0.680. The summed E-state index contributed by atoms with van der Waals surface area (Å²) in [4.78, 5) is 33.2. The van der Waals surface area contributed by atoms with Crippen LogP contribution in [0.1, 0.15) is 10.4 Å². The van der Waals surface area contributed by atoms with Gasteiger partial charge in [-0.15, -0.1) is 0 Å². The maximum Gasteiger partial charge on any atom is 0.344 e. The van der Waals surface area contributed by atoms with Crippen molar-refractivity contribution in [2.75, 3.05) is 7.11 Å². The average molecular weight is 334 g/mol. The van der Waals surface area contributed by atoms with E-state index in [0.717, 1.165) is 18.9 Å². The Balaban J connectivity index is 2.44. The van der Waals surface area contributed by atoms with Crippen LogP contribution in [0, 0.1) is 20.2 Å². The van der Waals surface area contributed by atoms with Gasteiger partial charge in [-0.3, -0.25) is 20.2 Å². The van der Waals surface area contributed by atoms with E-state index in [9.17, 15) is 25.0 Å². The van der Waals surface area contributed by atoms with E-state index in [1.807, 2.05) is 0 Å². The Morgan fingerprint density at radius 1 is 1.04 bits per heavy atom. The fraction of sp³-hybridized carbons (Fsp3) is 0.0714. The van der Waals surface area contributed by atoms with Crippen molar-refractivity contribution in [2.45, 2.75) is 9.79 Å². The second-order valence-corrected chi connectivity index (χ2v) is 5.37. The molecule has 0 aliphatic heterocycles. The first-order valence-corrected chi connectivity index (χ1v) is 7.03. The van der Waals surface area contributed by atoms with E-state index in [2.05, 4.69) is 4.74 Å². The highest BCUT2D eigenvalue weighted by molar-refractivity contribution is 7.99. The van der Waals surface area contributed by atoms with Gasteiger partial charge in [-0.2, -0.15) is 0 Å². The van der Waals surface area contributed by atoms with E-state index >= 15 is 0 Å². The molecule has 0 atom stereocenters. The summed E-state index contributed by atoms with van der Waals surface area (Å²) in [7, 11) is 1.12. The lowest BCUT2D eigenvalue weighted by Gasteiger charge is -2.06. The first kappa shape index (κ1) is 16.4. The van der Waals surface area contributed by atoms with Crippen LogP contribution in [0.15, 0.2) is 52.3 Å². The summed E-state index contributed by atoms with van der Waals surface area (Å²) in [6, 6.07) is 9.97. The number of para-hydroxylation sites is 1. The quantitative estimate of drug-likeness (QED) is 0.467. The van der Waals surface area contributed by atoms with Crippen LogP contribution < -0.4 is 0 Å². The second-order valence-electron chi connectivity index (χ2n) is 4.25. The molecule has 0 fully saturated rings. The molecule has 0 unspecified atom stereocenters. The molecule has 0 aromatic heterocycles. The van der Waals surface area contributed by atoms with Crippen LogP contribution in [-0.4, -0.2) is 22.9 Å². The molecule has 0 spiro atoms. The van der Waals surface area contributed by atoms with Crippen molar-refractivity contribution in [3.8, 4) is 0 Å². The molecule has 0 saturated heterocycles. The molecular formula is C14H10N2O6S. The summed E-state index contributed by atoms with van der Waals surface area (Å²) in [6.07, 6.45) is 0. The number of hydrogen-bond acceptors (Lipinski definition) is 7. The number of carbonyl (C=O) groups is 1. The number of nitrogens with zero attached hydrogens (tertiary/aromatic N) is 2. The third-order valence-corrected chi connectivity index (χ3v) is 3.91. The van der Waals surface area contributed by atoms with Gasteiger partial charge in [0, 0.05) is 17.0 Å². The number of ether oxygens (including phenoxy) is 1. The van der Waals surface area contributed by atoms with Crippen molar-refractivity contribution in [2.24, 2.45) is 0 Å². The number of hydrogen-bond donors (Lipinski definition) is 0. The van der Waals surface area contributed by atoms with Crippen molar-refractivity contribution < 1.29 is 19.4 Å². The van der Waals surface area contributed by atoms with Crippen molar-refractivity contribution in [3.63, 3.8) is 0 Å². The van der Waals surface area contributed by atoms with Gasteiger partial charge in [-0.25, -0.2) is 4.79 Å². The number of nitro benzene ring substituents is 2. The Bertz CT molecular complexity index is 793. The summed E-state index contributed by atoms with van der Waals surface area (Å²) in [5.74, 6) is -0.846. The monoisotopic (exact) mass is 334 g/mol. The number of rotatable bonds is 5. The van der Waals surface area contributed by atoms with Gasteiger partial charge in [0.15, 0.2) is 0 Å². The molecule has 0 saturated carbocycles. The topological polar surface area (TPSA) is 113 Å². The van der Waals surface area contributed by atoms with Crippen LogP contribution >= 0.6 is 11.8 Å². The van der Waals surface area contributed by atoms with Crippen LogP contribution in [0.2, 0.25) is 0 Å². The second kappa shape index (κ2) is 6.88. The van der Waals surface area contributed by atoms with E-state index in [1.165, 1.54) is 30.3 Å². The minimum Gasteiger partial charge on any atom is -0.465 e. The molecule has 0 bridgehead atoms. The van der Waals surface area contributed by atoms with Crippen molar-refractivity contribution in [1.29, 1.82) is 0 Å². The van der Waals surface area contributed by atoms with Gasteiger partial charge < -0.3 is 4.74 Å². The van der Waals surface area contributed by atoms with E-state index in [-0.39, 0.29) is 16.9 Å². The minimum absolute atomic E-state index is 0.0875. The van der Waals surface area contributed by atoms with Crippen LogP contribution in [0.25, 0.3) is 0 Å². The van der Waals surface area contributed by atoms with Crippen LogP contribution in [0.5, 0.6) is 0 Å². The lowest BCUT2D eigenvalue weighted by atomic mass is 10.2. The zero-order valence-corrected chi connectivity index (χ0v) is 12.6. The van der Waals surface area contributed by atoms with Crippen LogP contribution in [-0.2, 0) is 4.74 Å². The number of esters is 1. The zero-order chi connectivity index (χ0) is 17.0. The fourth-order valence-electron chi connectivity index (χ4n) is 1.83. The SMILES string of the molecule is COC(=O)c1cc(Sc2ccccc2[N+](=O)[O-])ccc1[N+](=O)[O-]. The van der Waals surface area contributed by atoms with Crippen molar-refractivity contribution in [1.82, 2.24) is 0 Å². The molecule has 0 aliphatic rings. The number of methoxy groups -OCH3 is 1. The first-order chi connectivity index (χ1) is 10.9. The third-order valence-electron chi connectivity index (χ3n) is 2.86. The van der Waals surface area contributed by atoms with Crippen LogP contribution in [0.3, 0.4) is 0 Å². The Kier molecular flexibility index (Phi) is 4.91. The number of carbonyl (C=O) groups excluding carboxylic acids is 1. The maximum atomic E-state index is 11.7. The van der Waals surface area contributed by atoms with Gasteiger partial charge >= 0.3 is 5.97 Å². The lowest BCUT2D eigenvalue weighted by Crippen LogP contribution is -2.05. The van der Waals surface area contributed by atoms with Gasteiger partial charge in [-0.1, -0.05) is 23.9 Å². The Morgan fingerprint density at radius 2 is 1.70 bits per heavy atom. The molecule has 0 N–H and O–H groups in total. The standard InChI is InChI=1S/C14H10N2O6S/c1-22-14(17)10-8-9(6-7-11(10)15(18)19)23-13-5-3-2-4-12(13)16(20)21/h2-8H,1H3. The molecule has 2 rings (SSSR count). The average Bonchev–Trinajstić information content (AvgIpc) is 2.54. The highest BCUT2D eigenvalue weighted by Gasteiger charge is 2.22.